The molecule has 0 amide bonds. The molecule has 0 aliphatic rings. The smallest absolute Gasteiger partial charge is 0.303 e. The minimum Gasteiger partial charge on any atom is -0.481 e. The van der Waals surface area contributed by atoms with E-state index < -0.39 is 5.97 Å². The first-order valence-corrected chi connectivity index (χ1v) is 10.0. The number of nitrogens with one attached hydrogen (secondary N) is 1. The molecule has 3 aromatic rings. The number of carboxylic acids is 1. The van der Waals surface area contributed by atoms with Crippen molar-refractivity contribution in [1.29, 1.82) is 0 Å². The lowest BCUT2D eigenvalue weighted by atomic mass is 9.92. The summed E-state index contributed by atoms with van der Waals surface area (Å²) in [6.45, 7) is 3.98. The summed E-state index contributed by atoms with van der Waals surface area (Å²) in [5.74, 6) is -0.811. The van der Waals surface area contributed by atoms with Crippen LogP contribution in [0.4, 0.5) is 11.4 Å². The minimum atomic E-state index is -0.784. The fraction of sp³-hybridized carbons (Fsp3) is 0.238. The summed E-state index contributed by atoms with van der Waals surface area (Å²) in [5.41, 5.74) is 4.81. The Kier molecular flexibility index (Phi) is 6.14. The van der Waals surface area contributed by atoms with Gasteiger partial charge in [-0.1, -0.05) is 24.6 Å². The molecule has 1 unspecified atom stereocenters. The van der Waals surface area contributed by atoms with Crippen molar-refractivity contribution in [3.8, 4) is 10.6 Å². The van der Waals surface area contributed by atoms with Crippen LogP contribution < -0.4 is 5.32 Å². The molecule has 0 aliphatic carbocycles. The van der Waals surface area contributed by atoms with Crippen LogP contribution in [0.1, 0.15) is 36.9 Å². The second kappa shape index (κ2) is 8.55. The minimum absolute atomic E-state index is 0.0275. The summed E-state index contributed by atoms with van der Waals surface area (Å²) in [4.78, 5) is 15.8. The molecule has 0 aliphatic heterocycles. The van der Waals surface area contributed by atoms with Crippen molar-refractivity contribution in [3.05, 3.63) is 64.1 Å². The molecule has 0 fully saturated rings. The van der Waals surface area contributed by atoms with E-state index in [0.717, 1.165) is 39.6 Å². The maximum Gasteiger partial charge on any atom is 0.303 e. The van der Waals surface area contributed by atoms with E-state index in [9.17, 15) is 9.90 Å². The van der Waals surface area contributed by atoms with Gasteiger partial charge < -0.3 is 10.4 Å². The van der Waals surface area contributed by atoms with Crippen LogP contribution in [-0.4, -0.2) is 16.1 Å². The Morgan fingerprint density at radius 3 is 2.59 bits per heavy atom. The fourth-order valence-corrected chi connectivity index (χ4v) is 3.94. The zero-order chi connectivity index (χ0) is 19.4. The second-order valence-corrected chi connectivity index (χ2v) is 7.73. The lowest BCUT2D eigenvalue weighted by Gasteiger charge is -2.17. The zero-order valence-electron chi connectivity index (χ0n) is 15.2. The van der Waals surface area contributed by atoms with Crippen molar-refractivity contribution < 1.29 is 9.90 Å². The number of carboxylic acid groups (broad SMARTS) is 1. The van der Waals surface area contributed by atoms with Crippen LogP contribution in [0.15, 0.2) is 47.8 Å². The zero-order valence-corrected chi connectivity index (χ0v) is 16.8. The lowest BCUT2D eigenvalue weighted by molar-refractivity contribution is -0.137. The standard InChI is InChI=1S/C21H21ClN2O2S/c1-3-14(11-20(25)26)15-4-9-18(21-23-13(2)12-27-21)19(10-15)24-17-7-5-16(22)6-8-17/h4-10,12,14,24H,3,11H2,1-2H3,(H,25,26). The predicted molar refractivity (Wildman–Crippen MR) is 112 cm³/mol. The highest BCUT2D eigenvalue weighted by Crippen LogP contribution is 2.36. The molecule has 0 bridgehead atoms. The molecule has 1 heterocycles. The van der Waals surface area contributed by atoms with Gasteiger partial charge >= 0.3 is 5.97 Å². The van der Waals surface area contributed by atoms with Gasteiger partial charge in [0.05, 0.1) is 6.42 Å². The highest BCUT2D eigenvalue weighted by molar-refractivity contribution is 7.13. The molecule has 4 nitrogen and oxygen atoms in total. The van der Waals surface area contributed by atoms with Crippen molar-refractivity contribution in [2.75, 3.05) is 5.32 Å². The van der Waals surface area contributed by atoms with Gasteiger partial charge in [-0.25, -0.2) is 4.98 Å². The third-order valence-corrected chi connectivity index (χ3v) is 5.65. The SMILES string of the molecule is CCC(CC(=O)O)c1ccc(-c2nc(C)cs2)c(Nc2ccc(Cl)cc2)c1. The number of rotatable bonds is 7. The number of aromatic nitrogens is 1. The van der Waals surface area contributed by atoms with Crippen LogP contribution in [0.2, 0.25) is 5.02 Å². The Morgan fingerprint density at radius 1 is 1.26 bits per heavy atom. The number of nitrogens with zero attached hydrogens (tertiary/aromatic N) is 1. The number of thiazole rings is 1. The van der Waals surface area contributed by atoms with Gasteiger partial charge in [0.2, 0.25) is 0 Å². The van der Waals surface area contributed by atoms with Crippen LogP contribution in [0.25, 0.3) is 10.6 Å². The summed E-state index contributed by atoms with van der Waals surface area (Å²) in [7, 11) is 0. The number of carbonyl (C=O) groups is 1. The molecule has 6 heteroatoms. The van der Waals surface area contributed by atoms with Crippen LogP contribution in [0.3, 0.4) is 0 Å². The Labute approximate surface area is 167 Å². The van der Waals surface area contributed by atoms with Gasteiger partial charge in [0.15, 0.2) is 0 Å². The Morgan fingerprint density at radius 2 is 2.00 bits per heavy atom. The van der Waals surface area contributed by atoms with E-state index in [1.165, 1.54) is 0 Å². The maximum atomic E-state index is 11.2. The molecule has 3 rings (SSSR count). The number of aliphatic carboxylic acids is 1. The fourth-order valence-electron chi connectivity index (χ4n) is 2.98. The second-order valence-electron chi connectivity index (χ2n) is 6.43. The van der Waals surface area contributed by atoms with Crippen molar-refractivity contribution in [3.63, 3.8) is 0 Å². The molecule has 1 atom stereocenters. The van der Waals surface area contributed by atoms with Crippen LogP contribution in [0.5, 0.6) is 0 Å². The molecule has 0 radical (unpaired) electrons. The number of aryl methyl sites for hydroxylation is 1. The molecular weight excluding hydrogens is 380 g/mol. The van der Waals surface area contributed by atoms with Gasteiger partial charge in [-0.3, -0.25) is 4.79 Å². The summed E-state index contributed by atoms with van der Waals surface area (Å²) < 4.78 is 0. The molecular formula is C21H21ClN2O2S. The average molecular weight is 401 g/mol. The molecule has 2 N–H and O–H groups in total. The van der Waals surface area contributed by atoms with E-state index in [-0.39, 0.29) is 12.3 Å². The molecule has 27 heavy (non-hydrogen) atoms. The Balaban J connectivity index is 2.02. The number of hydrogen-bond acceptors (Lipinski definition) is 4. The molecule has 140 valence electrons. The molecule has 1 aromatic heterocycles. The predicted octanol–water partition coefficient (Wildman–Crippen LogP) is 6.48. The number of anilines is 2. The average Bonchev–Trinajstić information content (AvgIpc) is 3.07. The van der Waals surface area contributed by atoms with E-state index in [4.69, 9.17) is 11.6 Å². The molecule has 0 saturated carbocycles. The van der Waals surface area contributed by atoms with E-state index in [2.05, 4.69) is 10.3 Å². The highest BCUT2D eigenvalue weighted by Gasteiger charge is 2.17. The van der Waals surface area contributed by atoms with E-state index in [1.54, 1.807) is 11.3 Å². The van der Waals surface area contributed by atoms with Gasteiger partial charge in [-0.2, -0.15) is 0 Å². The largest absolute Gasteiger partial charge is 0.481 e. The monoisotopic (exact) mass is 400 g/mol. The van der Waals surface area contributed by atoms with Crippen molar-refractivity contribution in [2.45, 2.75) is 32.6 Å². The van der Waals surface area contributed by atoms with Crippen molar-refractivity contribution in [1.82, 2.24) is 4.98 Å². The van der Waals surface area contributed by atoms with Gasteiger partial charge in [-0.15, -0.1) is 11.3 Å². The maximum absolute atomic E-state index is 11.2. The first-order valence-electron chi connectivity index (χ1n) is 8.77. The topological polar surface area (TPSA) is 62.2 Å². The van der Waals surface area contributed by atoms with Gasteiger partial charge in [0.1, 0.15) is 5.01 Å². The first-order chi connectivity index (χ1) is 13.0. The quantitative estimate of drug-likeness (QED) is 0.476. The summed E-state index contributed by atoms with van der Waals surface area (Å²) in [5, 5.41) is 16.3. The Bertz CT molecular complexity index is 938. The lowest BCUT2D eigenvalue weighted by Crippen LogP contribution is -2.06. The van der Waals surface area contributed by atoms with E-state index in [1.807, 2.05) is 61.7 Å². The third kappa shape index (κ3) is 4.87. The van der Waals surface area contributed by atoms with Crippen LogP contribution >= 0.6 is 22.9 Å². The van der Waals surface area contributed by atoms with Gasteiger partial charge in [-0.05, 0) is 61.2 Å². The van der Waals surface area contributed by atoms with Crippen molar-refractivity contribution >= 4 is 40.3 Å². The summed E-state index contributed by atoms with van der Waals surface area (Å²) >= 11 is 7.58. The van der Waals surface area contributed by atoms with Crippen LogP contribution in [0, 0.1) is 6.92 Å². The molecule has 0 saturated heterocycles. The van der Waals surface area contributed by atoms with Crippen LogP contribution in [-0.2, 0) is 4.79 Å². The molecule has 2 aromatic carbocycles. The van der Waals surface area contributed by atoms with Crippen molar-refractivity contribution in [2.24, 2.45) is 0 Å². The van der Waals surface area contributed by atoms with Gasteiger partial charge in [0, 0.05) is 33.0 Å². The molecule has 0 spiro atoms. The Hall–Kier alpha value is -2.37. The number of hydrogen-bond donors (Lipinski definition) is 2. The first kappa shape index (κ1) is 19.4. The highest BCUT2D eigenvalue weighted by atomic mass is 35.5. The number of halogens is 1. The van der Waals surface area contributed by atoms with E-state index >= 15 is 0 Å². The van der Waals surface area contributed by atoms with E-state index in [0.29, 0.717) is 5.02 Å². The third-order valence-electron chi connectivity index (χ3n) is 4.40. The summed E-state index contributed by atoms with van der Waals surface area (Å²) in [6, 6.07) is 13.6. The number of benzene rings is 2. The normalized spacial score (nSPS) is 12.0. The summed E-state index contributed by atoms with van der Waals surface area (Å²) in [6.07, 6.45) is 0.884. The van der Waals surface area contributed by atoms with Gasteiger partial charge in [0.25, 0.3) is 0 Å².